The van der Waals surface area contributed by atoms with E-state index in [1.165, 1.54) is 0 Å². The first-order valence-electron chi connectivity index (χ1n) is 10.1. The smallest absolute Gasteiger partial charge is 0.380 e. The second kappa shape index (κ2) is 9.74. The molecule has 1 saturated heterocycles. The van der Waals surface area contributed by atoms with E-state index in [2.05, 4.69) is 0 Å². The van der Waals surface area contributed by atoms with Gasteiger partial charge >= 0.3 is 7.75 Å². The maximum absolute atomic E-state index is 13.1. The molecule has 0 saturated carbocycles. The summed E-state index contributed by atoms with van der Waals surface area (Å²) in [5.74, 6) is -0.0426. The van der Waals surface area contributed by atoms with Gasteiger partial charge in [0.25, 0.3) is 0 Å². The van der Waals surface area contributed by atoms with Gasteiger partial charge in [0.2, 0.25) is 0 Å². The van der Waals surface area contributed by atoms with Crippen LogP contribution in [-0.2, 0) is 19.2 Å². The fraction of sp³-hybridized carbons (Fsp3) is 0.455. The molecule has 0 spiro atoms. The summed E-state index contributed by atoms with van der Waals surface area (Å²) in [5, 5.41) is 12.6. The molecule has 1 heterocycles. The van der Waals surface area contributed by atoms with Crippen molar-refractivity contribution >= 4 is 19.3 Å². The molecule has 1 fully saturated rings. The van der Waals surface area contributed by atoms with Crippen LogP contribution in [0.1, 0.15) is 37.8 Å². The first-order chi connectivity index (χ1) is 13.9. The lowest BCUT2D eigenvalue weighted by molar-refractivity contribution is -0.00911. The zero-order chi connectivity index (χ0) is 20.9. The minimum atomic E-state index is -3.29. The molecule has 1 unspecified atom stereocenters. The Kier molecular flexibility index (Phi) is 7.55. The summed E-state index contributed by atoms with van der Waals surface area (Å²) >= 11 is 6.08. The number of hydrogen-bond acceptors (Lipinski definition) is 4. The van der Waals surface area contributed by atoms with Crippen LogP contribution >= 0.6 is 19.3 Å². The monoisotopic (exact) mass is 437 g/mol. The lowest BCUT2D eigenvalue weighted by Crippen LogP contribution is -2.43. The molecular formula is C22H29ClNO4P. The van der Waals surface area contributed by atoms with E-state index >= 15 is 0 Å². The first kappa shape index (κ1) is 22.5. The maximum atomic E-state index is 13.1. The Morgan fingerprint density at radius 2 is 1.52 bits per heavy atom. The van der Waals surface area contributed by atoms with Crippen LogP contribution in [0.25, 0.3) is 0 Å². The quantitative estimate of drug-likeness (QED) is 0.555. The molecule has 0 aliphatic carbocycles. The molecule has 1 N–H and O–H groups in total. The Labute approximate surface area is 178 Å². The van der Waals surface area contributed by atoms with Crippen molar-refractivity contribution in [3.8, 4) is 0 Å². The zero-order valence-corrected chi connectivity index (χ0v) is 18.6. The highest BCUT2D eigenvalue weighted by atomic mass is 35.5. The fourth-order valence-electron chi connectivity index (χ4n) is 4.09. The van der Waals surface area contributed by atoms with Crippen molar-refractivity contribution in [1.82, 2.24) is 4.67 Å². The van der Waals surface area contributed by atoms with Gasteiger partial charge in [0, 0.05) is 18.1 Å². The lowest BCUT2D eigenvalue weighted by Gasteiger charge is -2.43. The van der Waals surface area contributed by atoms with E-state index in [0.29, 0.717) is 44.2 Å². The highest BCUT2D eigenvalue weighted by Gasteiger charge is 2.44. The lowest BCUT2D eigenvalue weighted by atomic mass is 9.72. The predicted octanol–water partition coefficient (Wildman–Crippen LogP) is 5.47. The van der Waals surface area contributed by atoms with Gasteiger partial charge in [0.1, 0.15) is 5.60 Å². The highest BCUT2D eigenvalue weighted by Crippen LogP contribution is 2.54. The minimum Gasteiger partial charge on any atom is -0.380 e. The standard InChI is InChI=1S/C22H29ClNO4P/c1-3-27-29(26,28-4-2)24-16-14-20(15-17-24)22(25,18-8-6-5-7-9-18)19-10-12-21(23)13-11-19/h5-13,20,25H,3-4,14-17H2,1-2H3. The molecule has 2 aromatic rings. The van der Waals surface area contributed by atoms with Gasteiger partial charge in [0.15, 0.2) is 0 Å². The summed E-state index contributed by atoms with van der Waals surface area (Å²) < 4.78 is 25.9. The van der Waals surface area contributed by atoms with E-state index < -0.39 is 13.3 Å². The first-order valence-corrected chi connectivity index (χ1v) is 12.0. The van der Waals surface area contributed by atoms with Crippen molar-refractivity contribution < 1.29 is 18.7 Å². The average molecular weight is 438 g/mol. The van der Waals surface area contributed by atoms with Crippen LogP contribution in [0.15, 0.2) is 54.6 Å². The third-order valence-corrected chi connectivity index (χ3v) is 8.01. The highest BCUT2D eigenvalue weighted by molar-refractivity contribution is 7.51. The summed E-state index contributed by atoms with van der Waals surface area (Å²) in [5.41, 5.74) is 0.502. The molecule has 0 amide bonds. The Balaban J connectivity index is 1.88. The maximum Gasteiger partial charge on any atom is 0.408 e. The molecule has 0 aromatic heterocycles. The largest absolute Gasteiger partial charge is 0.408 e. The van der Waals surface area contributed by atoms with Crippen molar-refractivity contribution in [1.29, 1.82) is 0 Å². The van der Waals surface area contributed by atoms with E-state index in [1.54, 1.807) is 16.8 Å². The van der Waals surface area contributed by atoms with Gasteiger partial charge in [-0.1, -0.05) is 54.1 Å². The molecule has 0 radical (unpaired) electrons. The van der Waals surface area contributed by atoms with Crippen LogP contribution in [0.2, 0.25) is 5.02 Å². The number of aliphatic hydroxyl groups is 1. The van der Waals surface area contributed by atoms with Crippen LogP contribution in [0.4, 0.5) is 0 Å². The van der Waals surface area contributed by atoms with E-state index in [-0.39, 0.29) is 5.92 Å². The average Bonchev–Trinajstić information content (AvgIpc) is 2.75. The topological polar surface area (TPSA) is 59.0 Å². The summed E-state index contributed by atoms with van der Waals surface area (Å²) in [6.07, 6.45) is 1.33. The second-order valence-corrected chi connectivity index (χ2v) is 9.63. The van der Waals surface area contributed by atoms with Crippen molar-refractivity contribution in [2.75, 3.05) is 26.3 Å². The summed E-state index contributed by atoms with van der Waals surface area (Å²) in [7, 11) is -3.29. The SMILES string of the molecule is CCOP(=O)(OCC)N1CCC(C(O)(c2ccccc2)c2ccc(Cl)cc2)CC1. The van der Waals surface area contributed by atoms with Gasteiger partial charge in [-0.25, -0.2) is 9.24 Å². The van der Waals surface area contributed by atoms with Crippen LogP contribution in [-0.4, -0.2) is 36.1 Å². The molecule has 2 aromatic carbocycles. The summed E-state index contributed by atoms with van der Waals surface area (Å²) in [6.45, 7) is 5.35. The Morgan fingerprint density at radius 3 is 2.03 bits per heavy atom. The van der Waals surface area contributed by atoms with Crippen molar-refractivity contribution in [2.45, 2.75) is 32.3 Å². The summed E-state index contributed by atoms with van der Waals surface area (Å²) in [4.78, 5) is 0. The van der Waals surface area contributed by atoms with Crippen molar-refractivity contribution in [3.05, 3.63) is 70.7 Å². The number of nitrogens with zero attached hydrogens (tertiary/aromatic N) is 1. The van der Waals surface area contributed by atoms with E-state index in [4.69, 9.17) is 20.6 Å². The minimum absolute atomic E-state index is 0.0426. The molecule has 5 nitrogen and oxygen atoms in total. The number of halogens is 1. The molecule has 1 atom stereocenters. The normalized spacial score (nSPS) is 18.5. The molecule has 7 heteroatoms. The fourth-order valence-corrected chi connectivity index (χ4v) is 5.99. The Hall–Kier alpha value is -1.20. The van der Waals surface area contributed by atoms with Crippen LogP contribution < -0.4 is 0 Å². The van der Waals surface area contributed by atoms with Crippen LogP contribution in [0.5, 0.6) is 0 Å². The third kappa shape index (κ3) is 4.77. The van der Waals surface area contributed by atoms with Crippen LogP contribution in [0.3, 0.4) is 0 Å². The molecule has 3 rings (SSSR count). The Bertz CT molecular complexity index is 814. The number of rotatable bonds is 8. The van der Waals surface area contributed by atoms with E-state index in [0.717, 1.165) is 11.1 Å². The third-order valence-electron chi connectivity index (χ3n) is 5.49. The number of piperidine rings is 1. The van der Waals surface area contributed by atoms with Gasteiger partial charge in [-0.05, 0) is 55.9 Å². The van der Waals surface area contributed by atoms with E-state index in [9.17, 15) is 9.67 Å². The molecule has 158 valence electrons. The van der Waals surface area contributed by atoms with Gasteiger partial charge in [-0.3, -0.25) is 9.05 Å². The van der Waals surface area contributed by atoms with Crippen LogP contribution in [0, 0.1) is 5.92 Å². The van der Waals surface area contributed by atoms with Gasteiger partial charge in [-0.2, -0.15) is 0 Å². The predicted molar refractivity (Wildman–Crippen MR) is 116 cm³/mol. The van der Waals surface area contributed by atoms with Gasteiger partial charge in [-0.15, -0.1) is 0 Å². The molecule has 1 aliphatic heterocycles. The second-order valence-electron chi connectivity index (χ2n) is 7.17. The summed E-state index contributed by atoms with van der Waals surface area (Å²) in [6, 6.07) is 17.1. The van der Waals surface area contributed by atoms with Crippen molar-refractivity contribution in [3.63, 3.8) is 0 Å². The number of hydrogen-bond donors (Lipinski definition) is 1. The van der Waals surface area contributed by atoms with E-state index in [1.807, 2.05) is 56.3 Å². The number of benzene rings is 2. The molecule has 0 bridgehead atoms. The molecule has 1 aliphatic rings. The zero-order valence-electron chi connectivity index (χ0n) is 17.0. The van der Waals surface area contributed by atoms with Gasteiger partial charge in [0.05, 0.1) is 13.2 Å². The molecular weight excluding hydrogens is 409 g/mol. The van der Waals surface area contributed by atoms with Gasteiger partial charge < -0.3 is 5.11 Å². The Morgan fingerprint density at radius 1 is 1.00 bits per heavy atom. The molecule has 29 heavy (non-hydrogen) atoms. The van der Waals surface area contributed by atoms with Crippen molar-refractivity contribution in [2.24, 2.45) is 5.92 Å².